The molecule has 102 valence electrons. The van der Waals surface area contributed by atoms with E-state index in [1.54, 1.807) is 6.92 Å². The molecule has 1 aromatic rings. The Hall–Kier alpha value is -1.91. The standard InChI is InChI=1S/C14H16FNO3/c1-8-7-9(3-6-11(8)15)12(17)16-14(2,13(18)19)10-4-5-10/h3,6-7,10H,4-5H2,1-2H3,(H,16,17)(H,18,19). The molecule has 4 nitrogen and oxygen atoms in total. The summed E-state index contributed by atoms with van der Waals surface area (Å²) in [4.78, 5) is 23.4. The first kappa shape index (κ1) is 13.5. The predicted molar refractivity (Wildman–Crippen MR) is 67.4 cm³/mol. The fraction of sp³-hybridized carbons (Fsp3) is 0.429. The number of amides is 1. The third kappa shape index (κ3) is 2.59. The van der Waals surface area contributed by atoms with E-state index in [4.69, 9.17) is 0 Å². The Balaban J connectivity index is 2.20. The molecular formula is C14H16FNO3. The number of nitrogens with one attached hydrogen (secondary N) is 1. The summed E-state index contributed by atoms with van der Waals surface area (Å²) in [6.07, 6.45) is 1.59. The molecule has 1 saturated carbocycles. The number of hydrogen-bond donors (Lipinski definition) is 2. The van der Waals surface area contributed by atoms with Crippen molar-refractivity contribution in [1.82, 2.24) is 5.32 Å². The number of carbonyl (C=O) groups excluding carboxylic acids is 1. The van der Waals surface area contributed by atoms with Gasteiger partial charge in [0.2, 0.25) is 0 Å². The molecule has 1 fully saturated rings. The molecule has 1 unspecified atom stereocenters. The summed E-state index contributed by atoms with van der Waals surface area (Å²) in [5, 5.41) is 11.8. The van der Waals surface area contributed by atoms with Gasteiger partial charge in [-0.25, -0.2) is 9.18 Å². The Kier molecular flexibility index (Phi) is 3.30. The van der Waals surface area contributed by atoms with Crippen LogP contribution in [0.3, 0.4) is 0 Å². The molecule has 2 N–H and O–H groups in total. The van der Waals surface area contributed by atoms with Crippen molar-refractivity contribution in [1.29, 1.82) is 0 Å². The van der Waals surface area contributed by atoms with Crippen LogP contribution in [-0.4, -0.2) is 22.5 Å². The second kappa shape index (κ2) is 4.64. The van der Waals surface area contributed by atoms with E-state index in [-0.39, 0.29) is 17.3 Å². The van der Waals surface area contributed by atoms with Crippen LogP contribution in [0, 0.1) is 18.7 Å². The number of carboxylic acid groups (broad SMARTS) is 1. The predicted octanol–water partition coefficient (Wildman–Crippen LogP) is 2.12. The molecule has 1 aliphatic carbocycles. The first-order chi connectivity index (χ1) is 8.84. The molecule has 1 aromatic carbocycles. The summed E-state index contributed by atoms with van der Waals surface area (Å²) in [7, 11) is 0. The van der Waals surface area contributed by atoms with Crippen LogP contribution in [0.2, 0.25) is 0 Å². The number of carbonyl (C=O) groups is 2. The molecule has 1 amide bonds. The molecule has 0 radical (unpaired) electrons. The van der Waals surface area contributed by atoms with Crippen LogP contribution in [0.5, 0.6) is 0 Å². The topological polar surface area (TPSA) is 66.4 Å². The molecule has 19 heavy (non-hydrogen) atoms. The Morgan fingerprint density at radius 1 is 1.42 bits per heavy atom. The summed E-state index contributed by atoms with van der Waals surface area (Å²) in [6, 6.07) is 3.98. The van der Waals surface area contributed by atoms with Crippen molar-refractivity contribution in [3.8, 4) is 0 Å². The third-order valence-corrected chi connectivity index (χ3v) is 3.63. The summed E-state index contributed by atoms with van der Waals surface area (Å²) < 4.78 is 13.1. The molecule has 0 aromatic heterocycles. The van der Waals surface area contributed by atoms with Crippen molar-refractivity contribution in [2.24, 2.45) is 5.92 Å². The Labute approximate surface area is 110 Å². The van der Waals surface area contributed by atoms with E-state index in [0.717, 1.165) is 12.8 Å². The Bertz CT molecular complexity index is 539. The molecule has 0 heterocycles. The van der Waals surface area contributed by atoms with Gasteiger partial charge in [-0.2, -0.15) is 0 Å². The van der Waals surface area contributed by atoms with Crippen LogP contribution in [0.15, 0.2) is 18.2 Å². The Morgan fingerprint density at radius 2 is 2.05 bits per heavy atom. The summed E-state index contributed by atoms with van der Waals surface area (Å²) >= 11 is 0. The Morgan fingerprint density at radius 3 is 2.53 bits per heavy atom. The minimum absolute atomic E-state index is 0.0319. The normalized spacial score (nSPS) is 17.6. The number of benzene rings is 1. The lowest BCUT2D eigenvalue weighted by Gasteiger charge is -2.26. The first-order valence-corrected chi connectivity index (χ1v) is 6.16. The fourth-order valence-electron chi connectivity index (χ4n) is 2.08. The van der Waals surface area contributed by atoms with E-state index < -0.39 is 17.4 Å². The lowest BCUT2D eigenvalue weighted by molar-refractivity contribution is -0.144. The van der Waals surface area contributed by atoms with Crippen LogP contribution >= 0.6 is 0 Å². The molecule has 1 aliphatic rings. The van der Waals surface area contributed by atoms with E-state index in [9.17, 15) is 19.1 Å². The monoisotopic (exact) mass is 265 g/mol. The quantitative estimate of drug-likeness (QED) is 0.876. The van der Waals surface area contributed by atoms with E-state index in [1.807, 2.05) is 0 Å². The van der Waals surface area contributed by atoms with E-state index in [1.165, 1.54) is 25.1 Å². The maximum Gasteiger partial charge on any atom is 0.329 e. The molecule has 0 bridgehead atoms. The smallest absolute Gasteiger partial charge is 0.329 e. The van der Waals surface area contributed by atoms with Crippen LogP contribution in [0.1, 0.15) is 35.7 Å². The second-order valence-corrected chi connectivity index (χ2v) is 5.20. The minimum Gasteiger partial charge on any atom is -0.480 e. The molecule has 2 rings (SSSR count). The van der Waals surface area contributed by atoms with E-state index in [2.05, 4.69) is 5.32 Å². The van der Waals surface area contributed by atoms with Gasteiger partial charge in [0, 0.05) is 5.56 Å². The van der Waals surface area contributed by atoms with Gasteiger partial charge in [-0.15, -0.1) is 0 Å². The number of rotatable bonds is 4. The molecule has 5 heteroatoms. The maximum absolute atomic E-state index is 13.1. The molecule has 0 saturated heterocycles. The minimum atomic E-state index is -1.25. The average Bonchev–Trinajstić information content (AvgIpc) is 3.16. The van der Waals surface area contributed by atoms with Gasteiger partial charge in [0.25, 0.3) is 5.91 Å². The molecule has 0 aliphatic heterocycles. The number of carboxylic acids is 1. The highest BCUT2D eigenvalue weighted by molar-refractivity contribution is 5.98. The number of hydrogen-bond acceptors (Lipinski definition) is 2. The van der Waals surface area contributed by atoms with Gasteiger partial charge in [0.15, 0.2) is 0 Å². The first-order valence-electron chi connectivity index (χ1n) is 6.16. The number of aliphatic carboxylic acids is 1. The van der Waals surface area contributed by atoms with Crippen molar-refractivity contribution in [2.45, 2.75) is 32.2 Å². The summed E-state index contributed by atoms with van der Waals surface area (Å²) in [5.74, 6) is -1.95. The number of halogens is 1. The van der Waals surface area contributed by atoms with Gasteiger partial charge in [0.1, 0.15) is 11.4 Å². The molecule has 0 spiro atoms. The van der Waals surface area contributed by atoms with Crippen LogP contribution in [0.4, 0.5) is 4.39 Å². The zero-order valence-electron chi connectivity index (χ0n) is 10.9. The lowest BCUT2D eigenvalue weighted by atomic mass is 9.95. The number of aryl methyl sites for hydroxylation is 1. The van der Waals surface area contributed by atoms with Gasteiger partial charge in [-0.3, -0.25) is 4.79 Å². The van der Waals surface area contributed by atoms with Crippen LogP contribution < -0.4 is 5.32 Å². The van der Waals surface area contributed by atoms with Crippen LogP contribution in [0.25, 0.3) is 0 Å². The fourth-order valence-corrected chi connectivity index (χ4v) is 2.08. The summed E-state index contributed by atoms with van der Waals surface area (Å²) in [6.45, 7) is 3.07. The largest absolute Gasteiger partial charge is 0.480 e. The van der Waals surface area contributed by atoms with Crippen molar-refractivity contribution in [3.63, 3.8) is 0 Å². The third-order valence-electron chi connectivity index (χ3n) is 3.63. The van der Waals surface area contributed by atoms with Crippen molar-refractivity contribution >= 4 is 11.9 Å². The van der Waals surface area contributed by atoms with Gasteiger partial charge in [0.05, 0.1) is 0 Å². The van der Waals surface area contributed by atoms with E-state index in [0.29, 0.717) is 5.56 Å². The van der Waals surface area contributed by atoms with Crippen molar-refractivity contribution in [3.05, 3.63) is 35.1 Å². The highest BCUT2D eigenvalue weighted by atomic mass is 19.1. The van der Waals surface area contributed by atoms with Crippen LogP contribution in [-0.2, 0) is 4.79 Å². The lowest BCUT2D eigenvalue weighted by Crippen LogP contribution is -2.54. The highest BCUT2D eigenvalue weighted by Gasteiger charge is 2.48. The zero-order chi connectivity index (χ0) is 14.2. The summed E-state index contributed by atoms with van der Waals surface area (Å²) in [5.41, 5.74) is -0.623. The zero-order valence-corrected chi connectivity index (χ0v) is 10.9. The van der Waals surface area contributed by atoms with Gasteiger partial charge < -0.3 is 10.4 Å². The SMILES string of the molecule is Cc1cc(C(=O)NC(C)(C(=O)O)C2CC2)ccc1F. The average molecular weight is 265 g/mol. The van der Waals surface area contributed by atoms with E-state index >= 15 is 0 Å². The second-order valence-electron chi connectivity index (χ2n) is 5.20. The highest BCUT2D eigenvalue weighted by Crippen LogP contribution is 2.39. The van der Waals surface area contributed by atoms with Gasteiger partial charge in [-0.1, -0.05) is 0 Å². The molecule has 1 atom stereocenters. The van der Waals surface area contributed by atoms with Gasteiger partial charge >= 0.3 is 5.97 Å². The van der Waals surface area contributed by atoms with Crippen molar-refractivity contribution in [2.75, 3.05) is 0 Å². The van der Waals surface area contributed by atoms with Gasteiger partial charge in [-0.05, 0) is 56.4 Å². The molecular weight excluding hydrogens is 249 g/mol. The van der Waals surface area contributed by atoms with Crippen molar-refractivity contribution < 1.29 is 19.1 Å². The maximum atomic E-state index is 13.1.